The molecule has 0 fully saturated rings. The standard InChI is InChI=1S/C23H30N4O2/c1-6-7-16-8-15(5)26-23(29)19(16)11-25-22(28)18-9-17(24)10-20-21(18)14(4)12-27(20)13(2)3/h8-10,12-13H,6-7,11,24H2,1-5H3,(H,25,28)(H,26,29). The molecular weight excluding hydrogens is 364 g/mol. The van der Waals surface area contributed by atoms with E-state index in [1.165, 1.54) is 0 Å². The lowest BCUT2D eigenvalue weighted by Crippen LogP contribution is -2.28. The van der Waals surface area contributed by atoms with Crippen molar-refractivity contribution in [2.75, 3.05) is 5.73 Å². The van der Waals surface area contributed by atoms with Crippen LogP contribution in [0.25, 0.3) is 10.9 Å². The van der Waals surface area contributed by atoms with Gasteiger partial charge in [0.05, 0.1) is 11.1 Å². The number of anilines is 1. The summed E-state index contributed by atoms with van der Waals surface area (Å²) >= 11 is 0. The van der Waals surface area contributed by atoms with Crippen molar-refractivity contribution < 1.29 is 4.79 Å². The Morgan fingerprint density at radius 3 is 2.62 bits per heavy atom. The lowest BCUT2D eigenvalue weighted by atomic mass is 10.0. The molecule has 0 radical (unpaired) electrons. The van der Waals surface area contributed by atoms with Crippen molar-refractivity contribution in [1.29, 1.82) is 0 Å². The molecule has 2 heterocycles. The summed E-state index contributed by atoms with van der Waals surface area (Å²) in [6.07, 6.45) is 3.78. The molecule has 1 aromatic carbocycles. The first-order chi connectivity index (χ1) is 13.7. The van der Waals surface area contributed by atoms with Crippen LogP contribution in [-0.4, -0.2) is 15.5 Å². The highest BCUT2D eigenvalue weighted by atomic mass is 16.1. The Morgan fingerprint density at radius 2 is 1.97 bits per heavy atom. The van der Waals surface area contributed by atoms with Gasteiger partial charge in [0.2, 0.25) is 0 Å². The molecule has 0 spiro atoms. The van der Waals surface area contributed by atoms with Gasteiger partial charge in [-0.1, -0.05) is 13.3 Å². The highest BCUT2D eigenvalue weighted by Crippen LogP contribution is 2.30. The number of amides is 1. The van der Waals surface area contributed by atoms with Crippen LogP contribution in [0.5, 0.6) is 0 Å². The number of benzene rings is 1. The van der Waals surface area contributed by atoms with Gasteiger partial charge in [-0.25, -0.2) is 0 Å². The van der Waals surface area contributed by atoms with Crippen molar-refractivity contribution >= 4 is 22.5 Å². The Balaban J connectivity index is 1.97. The Morgan fingerprint density at radius 1 is 1.24 bits per heavy atom. The van der Waals surface area contributed by atoms with Crippen LogP contribution in [0.1, 0.15) is 66.0 Å². The minimum Gasteiger partial charge on any atom is -0.399 e. The zero-order chi connectivity index (χ0) is 21.3. The molecule has 3 aromatic rings. The van der Waals surface area contributed by atoms with Gasteiger partial charge in [-0.05, 0) is 63.4 Å². The Bertz CT molecular complexity index is 1120. The zero-order valence-electron chi connectivity index (χ0n) is 17.8. The van der Waals surface area contributed by atoms with Crippen LogP contribution in [0.15, 0.2) is 29.2 Å². The smallest absolute Gasteiger partial charge is 0.253 e. The lowest BCUT2D eigenvalue weighted by molar-refractivity contribution is 0.0952. The first kappa shape index (κ1) is 20.7. The van der Waals surface area contributed by atoms with Crippen LogP contribution in [0.2, 0.25) is 0 Å². The minimum absolute atomic E-state index is 0.145. The predicted octanol–water partition coefficient (Wildman–Crippen LogP) is 3.99. The maximum absolute atomic E-state index is 13.1. The van der Waals surface area contributed by atoms with Crippen LogP contribution in [0, 0.1) is 13.8 Å². The molecule has 29 heavy (non-hydrogen) atoms. The number of pyridine rings is 1. The molecular formula is C23H30N4O2. The average Bonchev–Trinajstić information content (AvgIpc) is 2.97. The van der Waals surface area contributed by atoms with E-state index in [1.807, 2.05) is 26.0 Å². The van der Waals surface area contributed by atoms with Crippen LogP contribution in [0.4, 0.5) is 5.69 Å². The van der Waals surface area contributed by atoms with Crippen LogP contribution >= 0.6 is 0 Å². The molecule has 1 amide bonds. The first-order valence-corrected chi connectivity index (χ1v) is 10.1. The molecule has 3 rings (SSSR count). The fourth-order valence-electron chi connectivity index (χ4n) is 3.95. The lowest BCUT2D eigenvalue weighted by Gasteiger charge is -2.13. The molecule has 0 bridgehead atoms. The van der Waals surface area contributed by atoms with Gasteiger partial charge < -0.3 is 20.6 Å². The molecule has 0 aliphatic rings. The largest absolute Gasteiger partial charge is 0.399 e. The third-order valence-electron chi connectivity index (χ3n) is 5.25. The molecule has 2 aromatic heterocycles. The number of hydrogen-bond acceptors (Lipinski definition) is 3. The topological polar surface area (TPSA) is 92.9 Å². The summed E-state index contributed by atoms with van der Waals surface area (Å²) in [6.45, 7) is 10.3. The highest BCUT2D eigenvalue weighted by Gasteiger charge is 2.18. The van der Waals surface area contributed by atoms with Gasteiger partial charge in [0, 0.05) is 41.1 Å². The van der Waals surface area contributed by atoms with Gasteiger partial charge in [-0.2, -0.15) is 0 Å². The van der Waals surface area contributed by atoms with E-state index in [0.29, 0.717) is 16.8 Å². The number of carbonyl (C=O) groups excluding carboxylic acids is 1. The molecule has 0 aliphatic heterocycles. The number of hydrogen-bond donors (Lipinski definition) is 3. The molecule has 6 heteroatoms. The average molecular weight is 395 g/mol. The van der Waals surface area contributed by atoms with Crippen molar-refractivity contribution in [3.63, 3.8) is 0 Å². The number of nitrogens with zero attached hydrogens (tertiary/aromatic N) is 1. The van der Waals surface area contributed by atoms with E-state index in [1.54, 1.807) is 6.07 Å². The number of rotatable bonds is 6. The summed E-state index contributed by atoms with van der Waals surface area (Å²) in [5, 5.41) is 3.84. The number of aromatic amines is 1. The first-order valence-electron chi connectivity index (χ1n) is 10.1. The summed E-state index contributed by atoms with van der Waals surface area (Å²) in [5.41, 5.74) is 11.4. The number of nitrogens with one attached hydrogen (secondary N) is 2. The molecule has 0 saturated carbocycles. The Kier molecular flexibility index (Phi) is 5.82. The maximum atomic E-state index is 13.1. The zero-order valence-corrected chi connectivity index (χ0v) is 17.8. The third-order valence-corrected chi connectivity index (χ3v) is 5.25. The van der Waals surface area contributed by atoms with Crippen LogP contribution in [0.3, 0.4) is 0 Å². The molecule has 6 nitrogen and oxygen atoms in total. The van der Waals surface area contributed by atoms with Crippen LogP contribution in [-0.2, 0) is 13.0 Å². The second-order valence-corrected chi connectivity index (χ2v) is 7.99. The summed E-state index contributed by atoms with van der Waals surface area (Å²) in [7, 11) is 0. The number of carbonyl (C=O) groups is 1. The normalized spacial score (nSPS) is 11.4. The third kappa shape index (κ3) is 4.06. The number of fused-ring (bicyclic) bond motifs is 1. The number of aryl methyl sites for hydroxylation is 3. The maximum Gasteiger partial charge on any atom is 0.253 e. The quantitative estimate of drug-likeness (QED) is 0.552. The van der Waals surface area contributed by atoms with Gasteiger partial charge in [0.25, 0.3) is 11.5 Å². The number of aromatic nitrogens is 2. The van der Waals surface area contributed by atoms with E-state index in [-0.39, 0.29) is 24.1 Å². The number of nitrogen functional groups attached to an aromatic ring is 1. The molecule has 0 atom stereocenters. The van der Waals surface area contributed by atoms with Gasteiger partial charge in [-0.3, -0.25) is 9.59 Å². The van der Waals surface area contributed by atoms with E-state index in [4.69, 9.17) is 5.73 Å². The molecule has 4 N–H and O–H groups in total. The summed E-state index contributed by atoms with van der Waals surface area (Å²) in [5.74, 6) is -0.227. The van der Waals surface area contributed by atoms with E-state index in [0.717, 1.165) is 40.6 Å². The van der Waals surface area contributed by atoms with Crippen molar-refractivity contribution in [1.82, 2.24) is 14.9 Å². The molecule has 0 aliphatic carbocycles. The fraction of sp³-hybridized carbons (Fsp3) is 0.391. The summed E-state index contributed by atoms with van der Waals surface area (Å²) < 4.78 is 2.13. The highest BCUT2D eigenvalue weighted by molar-refractivity contribution is 6.09. The van der Waals surface area contributed by atoms with Crippen LogP contribution < -0.4 is 16.6 Å². The summed E-state index contributed by atoms with van der Waals surface area (Å²) in [6, 6.07) is 5.86. The minimum atomic E-state index is -0.227. The van der Waals surface area contributed by atoms with Gasteiger partial charge >= 0.3 is 0 Å². The van der Waals surface area contributed by atoms with Crippen molar-refractivity contribution in [2.45, 2.75) is 60.0 Å². The van der Waals surface area contributed by atoms with E-state index in [9.17, 15) is 9.59 Å². The van der Waals surface area contributed by atoms with E-state index in [2.05, 4.69) is 41.8 Å². The van der Waals surface area contributed by atoms with E-state index >= 15 is 0 Å². The van der Waals surface area contributed by atoms with Gasteiger partial charge in [-0.15, -0.1) is 0 Å². The number of H-pyrrole nitrogens is 1. The summed E-state index contributed by atoms with van der Waals surface area (Å²) in [4.78, 5) is 28.4. The monoisotopic (exact) mass is 394 g/mol. The molecule has 0 unspecified atom stereocenters. The van der Waals surface area contributed by atoms with Crippen molar-refractivity contribution in [3.8, 4) is 0 Å². The predicted molar refractivity (Wildman–Crippen MR) is 118 cm³/mol. The fourth-order valence-corrected chi connectivity index (χ4v) is 3.95. The number of nitrogens with two attached hydrogens (primary N) is 1. The second kappa shape index (κ2) is 8.15. The molecule has 154 valence electrons. The second-order valence-electron chi connectivity index (χ2n) is 7.99. The molecule has 0 saturated heterocycles. The van der Waals surface area contributed by atoms with Crippen molar-refractivity contribution in [2.24, 2.45) is 0 Å². The SMILES string of the molecule is CCCc1cc(C)[nH]c(=O)c1CNC(=O)c1cc(N)cc2c1c(C)cn2C(C)C. The van der Waals surface area contributed by atoms with E-state index < -0.39 is 0 Å². The Hall–Kier alpha value is -3.02. The van der Waals surface area contributed by atoms with Gasteiger partial charge in [0.1, 0.15) is 0 Å². The Labute approximate surface area is 171 Å². The van der Waals surface area contributed by atoms with Gasteiger partial charge in [0.15, 0.2) is 0 Å². The van der Waals surface area contributed by atoms with Crippen molar-refractivity contribution in [3.05, 3.63) is 62.7 Å².